The van der Waals surface area contributed by atoms with Crippen LogP contribution in [-0.2, 0) is 6.54 Å². The normalized spacial score (nSPS) is 10.2. The van der Waals surface area contributed by atoms with E-state index in [1.54, 1.807) is 25.4 Å². The van der Waals surface area contributed by atoms with Crippen LogP contribution in [0.25, 0.3) is 0 Å². The van der Waals surface area contributed by atoms with Crippen molar-refractivity contribution in [1.82, 2.24) is 9.88 Å². The van der Waals surface area contributed by atoms with Crippen LogP contribution in [0.3, 0.4) is 0 Å². The fraction of sp³-hybridized carbons (Fsp3) is 0.143. The number of amides is 1. The third kappa shape index (κ3) is 3.35. The fourth-order valence-electron chi connectivity index (χ4n) is 1.89. The molecule has 21 heavy (non-hydrogen) atoms. The number of nitrogens with zero attached hydrogens (tertiary/aromatic N) is 3. The summed E-state index contributed by atoms with van der Waals surface area (Å²) in [4.78, 5) is 28.3. The van der Waals surface area contributed by atoms with Gasteiger partial charge in [0.2, 0.25) is 0 Å². The molecule has 7 heteroatoms. The summed E-state index contributed by atoms with van der Waals surface area (Å²) < 4.78 is 0. The van der Waals surface area contributed by atoms with E-state index in [1.807, 2.05) is 6.07 Å². The summed E-state index contributed by atoms with van der Waals surface area (Å²) in [7, 11) is 1.56. The molecule has 0 atom stereocenters. The molecule has 108 valence electrons. The van der Waals surface area contributed by atoms with Gasteiger partial charge in [-0.3, -0.25) is 19.9 Å². The Balaban J connectivity index is 2.28. The summed E-state index contributed by atoms with van der Waals surface area (Å²) in [6, 6.07) is 9.64. The van der Waals surface area contributed by atoms with Crippen LogP contribution < -0.4 is 0 Å². The summed E-state index contributed by atoms with van der Waals surface area (Å²) in [5.41, 5.74) is 0.279. The highest BCUT2D eigenvalue weighted by Crippen LogP contribution is 2.29. The van der Waals surface area contributed by atoms with Crippen LogP contribution in [0.2, 0.25) is 5.02 Å². The predicted octanol–water partition coefficient (Wildman–Crippen LogP) is 2.92. The lowest BCUT2D eigenvalue weighted by molar-refractivity contribution is -0.385. The summed E-state index contributed by atoms with van der Waals surface area (Å²) in [5.74, 6) is -0.477. The molecule has 1 aromatic carbocycles. The molecule has 0 aliphatic heterocycles. The number of carbonyl (C=O) groups excluding carboxylic acids is 1. The molecular weight excluding hydrogens is 294 g/mol. The van der Waals surface area contributed by atoms with Crippen LogP contribution in [0, 0.1) is 10.1 Å². The number of rotatable bonds is 4. The van der Waals surface area contributed by atoms with Gasteiger partial charge in [0.25, 0.3) is 5.91 Å². The number of pyridine rings is 1. The standard InChI is InChI=1S/C14H12ClN3O3/c1-17(9-10-5-2-3-8-16-10)14(19)11-6-4-7-12(15)13(11)18(20)21/h2-8H,9H2,1H3. The van der Waals surface area contributed by atoms with Gasteiger partial charge in [-0.05, 0) is 24.3 Å². The van der Waals surface area contributed by atoms with E-state index in [0.717, 1.165) is 0 Å². The molecule has 0 aliphatic rings. The minimum Gasteiger partial charge on any atom is -0.336 e. The van der Waals surface area contributed by atoms with E-state index in [1.165, 1.54) is 23.1 Å². The minimum absolute atomic E-state index is 0.0362. The van der Waals surface area contributed by atoms with Crippen molar-refractivity contribution in [3.05, 3.63) is 69.0 Å². The second-order valence-electron chi connectivity index (χ2n) is 4.38. The highest BCUT2D eigenvalue weighted by Gasteiger charge is 2.25. The first kappa shape index (κ1) is 14.9. The lowest BCUT2D eigenvalue weighted by Crippen LogP contribution is -2.27. The van der Waals surface area contributed by atoms with E-state index in [4.69, 9.17) is 11.6 Å². The second-order valence-corrected chi connectivity index (χ2v) is 4.78. The molecule has 0 aliphatic carbocycles. The molecule has 0 saturated carbocycles. The predicted molar refractivity (Wildman–Crippen MR) is 78.1 cm³/mol. The van der Waals surface area contributed by atoms with Crippen LogP contribution in [-0.4, -0.2) is 27.8 Å². The number of hydrogen-bond donors (Lipinski definition) is 0. The van der Waals surface area contributed by atoms with Crippen molar-refractivity contribution in [2.45, 2.75) is 6.54 Å². The quantitative estimate of drug-likeness (QED) is 0.643. The van der Waals surface area contributed by atoms with Gasteiger partial charge < -0.3 is 4.90 Å². The van der Waals surface area contributed by atoms with Crippen molar-refractivity contribution in [1.29, 1.82) is 0 Å². The van der Waals surface area contributed by atoms with Crippen molar-refractivity contribution in [3.8, 4) is 0 Å². The highest BCUT2D eigenvalue weighted by atomic mass is 35.5. The maximum atomic E-state index is 12.4. The zero-order valence-electron chi connectivity index (χ0n) is 11.2. The fourth-order valence-corrected chi connectivity index (χ4v) is 2.13. The number of carbonyl (C=O) groups is 1. The van der Waals surface area contributed by atoms with Gasteiger partial charge in [-0.25, -0.2) is 0 Å². The highest BCUT2D eigenvalue weighted by molar-refractivity contribution is 6.33. The Bertz CT molecular complexity index is 676. The van der Waals surface area contributed by atoms with Crippen molar-refractivity contribution in [2.24, 2.45) is 0 Å². The van der Waals surface area contributed by atoms with Gasteiger partial charge in [-0.15, -0.1) is 0 Å². The molecule has 0 spiro atoms. The van der Waals surface area contributed by atoms with Crippen LogP contribution >= 0.6 is 11.6 Å². The van der Waals surface area contributed by atoms with Gasteiger partial charge in [-0.2, -0.15) is 0 Å². The first-order valence-corrected chi connectivity index (χ1v) is 6.46. The first-order chi connectivity index (χ1) is 10.0. The Morgan fingerprint density at radius 1 is 1.33 bits per heavy atom. The first-order valence-electron chi connectivity index (χ1n) is 6.09. The minimum atomic E-state index is -0.649. The number of halogens is 1. The Morgan fingerprint density at radius 2 is 2.10 bits per heavy atom. The topological polar surface area (TPSA) is 76.3 Å². The molecule has 1 heterocycles. The van der Waals surface area contributed by atoms with Crippen molar-refractivity contribution < 1.29 is 9.72 Å². The second kappa shape index (κ2) is 6.32. The molecule has 0 fully saturated rings. The monoisotopic (exact) mass is 305 g/mol. The van der Waals surface area contributed by atoms with Gasteiger partial charge in [0.15, 0.2) is 0 Å². The third-order valence-electron chi connectivity index (χ3n) is 2.87. The average Bonchev–Trinajstić information content (AvgIpc) is 2.46. The van der Waals surface area contributed by atoms with Crippen LogP contribution in [0.5, 0.6) is 0 Å². The lowest BCUT2D eigenvalue weighted by Gasteiger charge is -2.16. The molecule has 0 saturated heterocycles. The smallest absolute Gasteiger partial charge is 0.300 e. The Kier molecular flexibility index (Phi) is 4.49. The van der Waals surface area contributed by atoms with Crippen LogP contribution in [0.1, 0.15) is 16.1 Å². The van der Waals surface area contributed by atoms with E-state index < -0.39 is 10.8 Å². The molecule has 0 radical (unpaired) electrons. The van der Waals surface area contributed by atoms with E-state index in [-0.39, 0.29) is 22.8 Å². The number of nitro groups is 1. The summed E-state index contributed by atoms with van der Waals surface area (Å²) in [5, 5.41) is 11.0. The zero-order chi connectivity index (χ0) is 15.4. The number of nitro benzene ring substituents is 1. The van der Waals surface area contributed by atoms with E-state index >= 15 is 0 Å². The molecule has 0 N–H and O–H groups in total. The van der Waals surface area contributed by atoms with E-state index in [2.05, 4.69) is 4.98 Å². The van der Waals surface area contributed by atoms with Crippen molar-refractivity contribution in [3.63, 3.8) is 0 Å². The molecule has 0 bridgehead atoms. The third-order valence-corrected chi connectivity index (χ3v) is 3.18. The van der Waals surface area contributed by atoms with E-state index in [9.17, 15) is 14.9 Å². The molecule has 0 unspecified atom stereocenters. The number of hydrogen-bond acceptors (Lipinski definition) is 4. The molecule has 1 aromatic heterocycles. The summed E-state index contributed by atoms with van der Waals surface area (Å²) in [6.07, 6.45) is 1.62. The maximum Gasteiger partial charge on any atom is 0.300 e. The van der Waals surface area contributed by atoms with Gasteiger partial charge in [0.05, 0.1) is 17.2 Å². The zero-order valence-corrected chi connectivity index (χ0v) is 11.9. The van der Waals surface area contributed by atoms with Crippen molar-refractivity contribution >= 4 is 23.2 Å². The molecular formula is C14H12ClN3O3. The van der Waals surface area contributed by atoms with Gasteiger partial charge in [0, 0.05) is 13.2 Å². The number of para-hydroxylation sites is 1. The summed E-state index contributed by atoms with van der Waals surface area (Å²) in [6.45, 7) is 0.253. The number of aromatic nitrogens is 1. The van der Waals surface area contributed by atoms with Gasteiger partial charge >= 0.3 is 5.69 Å². The average molecular weight is 306 g/mol. The Labute approximate surface area is 126 Å². The lowest BCUT2D eigenvalue weighted by atomic mass is 10.1. The van der Waals surface area contributed by atoms with Gasteiger partial charge in [-0.1, -0.05) is 23.7 Å². The molecule has 2 aromatic rings. The number of benzene rings is 1. The molecule has 6 nitrogen and oxygen atoms in total. The summed E-state index contributed by atoms with van der Waals surface area (Å²) >= 11 is 5.81. The van der Waals surface area contributed by atoms with Gasteiger partial charge in [0.1, 0.15) is 10.6 Å². The van der Waals surface area contributed by atoms with Crippen LogP contribution in [0.4, 0.5) is 5.69 Å². The Morgan fingerprint density at radius 3 is 2.71 bits per heavy atom. The maximum absolute atomic E-state index is 12.4. The van der Waals surface area contributed by atoms with E-state index in [0.29, 0.717) is 5.69 Å². The Hall–Kier alpha value is -2.47. The SMILES string of the molecule is CN(Cc1ccccn1)C(=O)c1cccc(Cl)c1[N+](=O)[O-]. The van der Waals surface area contributed by atoms with Crippen LogP contribution in [0.15, 0.2) is 42.6 Å². The molecule has 1 amide bonds. The molecule has 2 rings (SSSR count). The largest absolute Gasteiger partial charge is 0.336 e. The van der Waals surface area contributed by atoms with Crippen molar-refractivity contribution in [2.75, 3.05) is 7.05 Å².